The molecule has 0 spiro atoms. The molecular formula is C16H16N6O2S. The van der Waals surface area contributed by atoms with E-state index in [4.69, 9.17) is 4.74 Å². The number of benzene rings is 1. The Bertz CT molecular complexity index is 837. The van der Waals surface area contributed by atoms with E-state index in [0.29, 0.717) is 21.7 Å². The Morgan fingerprint density at radius 1 is 1.16 bits per heavy atom. The van der Waals surface area contributed by atoms with E-state index < -0.39 is 0 Å². The Labute approximate surface area is 148 Å². The molecule has 0 aliphatic heterocycles. The lowest BCUT2D eigenvalue weighted by atomic mass is 10.3. The lowest BCUT2D eigenvalue weighted by molar-refractivity contribution is 0.102. The first kappa shape index (κ1) is 16.8. The second-order valence-electron chi connectivity index (χ2n) is 5.02. The lowest BCUT2D eigenvalue weighted by Gasteiger charge is -2.10. The average molecular weight is 356 g/mol. The van der Waals surface area contributed by atoms with Crippen LogP contribution in [0.3, 0.4) is 0 Å². The largest absolute Gasteiger partial charge is 0.483 e. The van der Waals surface area contributed by atoms with E-state index >= 15 is 0 Å². The molecule has 0 radical (unpaired) electrons. The third-order valence-corrected chi connectivity index (χ3v) is 4.20. The summed E-state index contributed by atoms with van der Waals surface area (Å²) in [6.07, 6.45) is 2.61. The number of hydrogen-bond donors (Lipinski definition) is 2. The van der Waals surface area contributed by atoms with Crippen molar-refractivity contribution in [1.82, 2.24) is 20.2 Å². The lowest BCUT2D eigenvalue weighted by Crippen LogP contribution is -2.13. The summed E-state index contributed by atoms with van der Waals surface area (Å²) in [6, 6.07) is 9.46. The van der Waals surface area contributed by atoms with Crippen LogP contribution in [0, 0.1) is 0 Å². The van der Waals surface area contributed by atoms with Gasteiger partial charge in [0, 0.05) is 19.4 Å². The zero-order chi connectivity index (χ0) is 17.6. The van der Waals surface area contributed by atoms with Crippen molar-refractivity contribution in [3.63, 3.8) is 0 Å². The Hall–Kier alpha value is -3.07. The molecule has 0 fully saturated rings. The molecule has 2 heterocycles. The molecule has 3 rings (SSSR count). The summed E-state index contributed by atoms with van der Waals surface area (Å²) in [4.78, 5) is 20.2. The van der Waals surface area contributed by atoms with Gasteiger partial charge in [-0.1, -0.05) is 29.5 Å². The summed E-state index contributed by atoms with van der Waals surface area (Å²) >= 11 is 1.26. The van der Waals surface area contributed by atoms with Gasteiger partial charge in [0.15, 0.2) is 5.01 Å². The quantitative estimate of drug-likeness (QED) is 0.700. The molecule has 3 aromatic rings. The van der Waals surface area contributed by atoms with Crippen molar-refractivity contribution in [1.29, 1.82) is 0 Å². The molecule has 1 atom stereocenters. The van der Waals surface area contributed by atoms with E-state index in [9.17, 15) is 4.79 Å². The number of nitrogens with one attached hydrogen (secondary N) is 2. The van der Waals surface area contributed by atoms with Crippen molar-refractivity contribution < 1.29 is 9.53 Å². The van der Waals surface area contributed by atoms with Gasteiger partial charge in [-0.05, 0) is 19.1 Å². The van der Waals surface area contributed by atoms with Crippen molar-refractivity contribution in [3.8, 4) is 5.75 Å². The van der Waals surface area contributed by atoms with Crippen LogP contribution in [0.25, 0.3) is 0 Å². The fraction of sp³-hybridized carbons (Fsp3) is 0.188. The molecule has 2 aromatic heterocycles. The van der Waals surface area contributed by atoms with E-state index in [1.807, 2.05) is 37.3 Å². The van der Waals surface area contributed by atoms with Crippen molar-refractivity contribution in [2.45, 2.75) is 13.0 Å². The van der Waals surface area contributed by atoms with Crippen LogP contribution in [0.15, 0.2) is 42.7 Å². The molecule has 0 aliphatic carbocycles. The first-order valence-corrected chi connectivity index (χ1v) is 8.33. The van der Waals surface area contributed by atoms with Gasteiger partial charge in [0.1, 0.15) is 11.9 Å². The standard InChI is InChI=1S/C16H16N6O2S/c1-10(24-12-6-4-3-5-7-12)14-21-22-16(25-14)20-13(23)11-8-18-15(17-2)19-9-11/h3-10H,1-2H3,(H,17,18,19)(H,20,22,23)/t10-/m0/s1. The van der Waals surface area contributed by atoms with E-state index in [2.05, 4.69) is 30.8 Å². The van der Waals surface area contributed by atoms with Gasteiger partial charge in [-0.25, -0.2) is 9.97 Å². The van der Waals surface area contributed by atoms with Crippen LogP contribution in [0.4, 0.5) is 11.1 Å². The van der Waals surface area contributed by atoms with Crippen molar-refractivity contribution in [3.05, 3.63) is 53.3 Å². The Balaban J connectivity index is 1.63. The molecular weight excluding hydrogens is 340 g/mol. The minimum absolute atomic E-state index is 0.274. The maximum absolute atomic E-state index is 12.2. The summed E-state index contributed by atoms with van der Waals surface area (Å²) in [6.45, 7) is 1.88. The van der Waals surface area contributed by atoms with Gasteiger partial charge in [0.05, 0.1) is 5.56 Å². The van der Waals surface area contributed by atoms with E-state index in [1.54, 1.807) is 7.05 Å². The minimum Gasteiger partial charge on any atom is -0.483 e. The number of nitrogens with zero attached hydrogens (tertiary/aromatic N) is 4. The molecule has 0 aliphatic rings. The molecule has 0 unspecified atom stereocenters. The van der Waals surface area contributed by atoms with Gasteiger partial charge >= 0.3 is 0 Å². The van der Waals surface area contributed by atoms with Crippen molar-refractivity contribution in [2.24, 2.45) is 0 Å². The SMILES string of the molecule is CNc1ncc(C(=O)Nc2nnc([C@H](C)Oc3ccccc3)s2)cn1. The van der Waals surface area contributed by atoms with Crippen LogP contribution in [-0.4, -0.2) is 33.1 Å². The summed E-state index contributed by atoms with van der Waals surface area (Å²) in [5, 5.41) is 14.6. The summed E-state index contributed by atoms with van der Waals surface area (Å²) in [5.74, 6) is 0.848. The number of anilines is 2. The average Bonchev–Trinajstić information content (AvgIpc) is 3.11. The molecule has 128 valence electrons. The van der Waals surface area contributed by atoms with Crippen LogP contribution in [-0.2, 0) is 0 Å². The Morgan fingerprint density at radius 3 is 2.56 bits per heavy atom. The Morgan fingerprint density at radius 2 is 1.88 bits per heavy atom. The van der Waals surface area contributed by atoms with Crippen LogP contribution < -0.4 is 15.4 Å². The zero-order valence-corrected chi connectivity index (χ0v) is 14.4. The second-order valence-corrected chi connectivity index (χ2v) is 6.03. The van der Waals surface area contributed by atoms with E-state index in [-0.39, 0.29) is 12.0 Å². The molecule has 1 amide bonds. The predicted octanol–water partition coefficient (Wildman–Crippen LogP) is 2.76. The minimum atomic E-state index is -0.345. The number of amides is 1. The van der Waals surface area contributed by atoms with Gasteiger partial charge in [-0.2, -0.15) is 0 Å². The van der Waals surface area contributed by atoms with Crippen molar-refractivity contribution in [2.75, 3.05) is 17.7 Å². The summed E-state index contributed by atoms with van der Waals surface area (Å²) in [7, 11) is 1.70. The third-order valence-electron chi connectivity index (χ3n) is 3.20. The van der Waals surface area contributed by atoms with Gasteiger partial charge in [0.25, 0.3) is 5.91 Å². The highest BCUT2D eigenvalue weighted by Crippen LogP contribution is 2.26. The van der Waals surface area contributed by atoms with Crippen LogP contribution in [0.1, 0.15) is 28.4 Å². The van der Waals surface area contributed by atoms with Gasteiger partial charge in [-0.3, -0.25) is 10.1 Å². The van der Waals surface area contributed by atoms with E-state index in [1.165, 1.54) is 23.7 Å². The first-order chi connectivity index (χ1) is 12.2. The molecule has 2 N–H and O–H groups in total. The number of rotatable bonds is 6. The number of hydrogen-bond acceptors (Lipinski definition) is 8. The molecule has 0 bridgehead atoms. The molecule has 25 heavy (non-hydrogen) atoms. The van der Waals surface area contributed by atoms with Gasteiger partial charge < -0.3 is 10.1 Å². The predicted molar refractivity (Wildman–Crippen MR) is 94.9 cm³/mol. The second kappa shape index (κ2) is 7.67. The summed E-state index contributed by atoms with van der Waals surface area (Å²) in [5.41, 5.74) is 0.337. The highest BCUT2D eigenvalue weighted by molar-refractivity contribution is 7.15. The van der Waals surface area contributed by atoms with Crippen LogP contribution in [0.2, 0.25) is 0 Å². The zero-order valence-electron chi connectivity index (χ0n) is 13.6. The van der Waals surface area contributed by atoms with E-state index in [0.717, 1.165) is 5.75 Å². The topological polar surface area (TPSA) is 102 Å². The molecule has 0 saturated heterocycles. The maximum atomic E-state index is 12.2. The molecule has 8 nitrogen and oxygen atoms in total. The van der Waals surface area contributed by atoms with Crippen LogP contribution >= 0.6 is 11.3 Å². The monoisotopic (exact) mass is 356 g/mol. The smallest absolute Gasteiger partial charge is 0.260 e. The van der Waals surface area contributed by atoms with Gasteiger partial charge in [0.2, 0.25) is 11.1 Å². The normalized spacial score (nSPS) is 11.6. The van der Waals surface area contributed by atoms with Crippen molar-refractivity contribution >= 4 is 28.3 Å². The summed E-state index contributed by atoms with van der Waals surface area (Å²) < 4.78 is 5.80. The van der Waals surface area contributed by atoms with Gasteiger partial charge in [-0.15, -0.1) is 10.2 Å². The first-order valence-electron chi connectivity index (χ1n) is 7.52. The molecule has 1 aromatic carbocycles. The fourth-order valence-electron chi connectivity index (χ4n) is 1.95. The Kier molecular flexibility index (Phi) is 5.14. The molecule has 9 heteroatoms. The number of ether oxygens (including phenoxy) is 1. The number of aromatic nitrogens is 4. The number of carbonyl (C=O) groups is 1. The highest BCUT2D eigenvalue weighted by atomic mass is 32.1. The fourth-order valence-corrected chi connectivity index (χ4v) is 2.67. The number of para-hydroxylation sites is 1. The molecule has 0 saturated carbocycles. The highest BCUT2D eigenvalue weighted by Gasteiger charge is 2.16. The maximum Gasteiger partial charge on any atom is 0.260 e. The number of carbonyl (C=O) groups excluding carboxylic acids is 1. The van der Waals surface area contributed by atoms with Crippen LogP contribution in [0.5, 0.6) is 5.75 Å². The third kappa shape index (κ3) is 4.27.